The highest BCUT2D eigenvalue weighted by atomic mass is 16.5. The van der Waals surface area contributed by atoms with E-state index in [9.17, 15) is 9.90 Å². The maximum absolute atomic E-state index is 11.3. The molecule has 0 aromatic heterocycles. The smallest absolute Gasteiger partial charge is 0.159 e. The van der Waals surface area contributed by atoms with Crippen LogP contribution >= 0.6 is 0 Å². The Balaban J connectivity index is 2.07. The van der Waals surface area contributed by atoms with Gasteiger partial charge < -0.3 is 9.84 Å². The van der Waals surface area contributed by atoms with Crippen molar-refractivity contribution in [2.75, 3.05) is 7.11 Å². The Morgan fingerprint density at radius 3 is 2.79 bits per heavy atom. The van der Waals surface area contributed by atoms with E-state index in [1.54, 1.807) is 0 Å². The number of ether oxygens (including phenoxy) is 1. The Morgan fingerprint density at radius 1 is 1.37 bits per heavy atom. The van der Waals surface area contributed by atoms with Gasteiger partial charge in [0.1, 0.15) is 11.4 Å². The van der Waals surface area contributed by atoms with Crippen LogP contribution in [0.25, 0.3) is 6.08 Å². The summed E-state index contributed by atoms with van der Waals surface area (Å²) in [6, 6.07) is 9.89. The van der Waals surface area contributed by atoms with Crippen molar-refractivity contribution in [1.82, 2.24) is 0 Å². The summed E-state index contributed by atoms with van der Waals surface area (Å²) >= 11 is 0. The molecule has 1 aliphatic rings. The van der Waals surface area contributed by atoms with Crippen molar-refractivity contribution < 1.29 is 14.6 Å². The van der Waals surface area contributed by atoms with E-state index in [4.69, 9.17) is 4.74 Å². The van der Waals surface area contributed by atoms with Gasteiger partial charge in [-0.15, -0.1) is 0 Å². The van der Waals surface area contributed by atoms with Crippen LogP contribution < -0.4 is 0 Å². The zero-order valence-corrected chi connectivity index (χ0v) is 11.0. The van der Waals surface area contributed by atoms with E-state index in [0.29, 0.717) is 25.0 Å². The van der Waals surface area contributed by atoms with Gasteiger partial charge in [-0.3, -0.25) is 4.79 Å². The number of hydrogen-bond acceptors (Lipinski definition) is 3. The van der Waals surface area contributed by atoms with E-state index in [-0.39, 0.29) is 5.78 Å². The Labute approximate surface area is 113 Å². The van der Waals surface area contributed by atoms with Gasteiger partial charge in [-0.1, -0.05) is 42.5 Å². The van der Waals surface area contributed by atoms with Crippen LogP contribution in [0.4, 0.5) is 0 Å². The van der Waals surface area contributed by atoms with Crippen molar-refractivity contribution in [2.24, 2.45) is 0 Å². The first-order valence-electron chi connectivity index (χ1n) is 6.37. The molecular weight excluding hydrogens is 240 g/mol. The lowest BCUT2D eigenvalue weighted by Crippen LogP contribution is -2.35. The Kier molecular flexibility index (Phi) is 4.17. The molecular formula is C16H18O3. The second-order valence-corrected chi connectivity index (χ2v) is 4.73. The number of benzene rings is 1. The number of ketones is 1. The molecule has 1 N–H and O–H groups in total. The molecule has 100 valence electrons. The minimum absolute atomic E-state index is 0.00793. The highest BCUT2D eigenvalue weighted by Crippen LogP contribution is 2.31. The van der Waals surface area contributed by atoms with Crippen LogP contribution in [0.1, 0.15) is 24.8 Å². The minimum Gasteiger partial charge on any atom is -0.498 e. The van der Waals surface area contributed by atoms with E-state index >= 15 is 0 Å². The van der Waals surface area contributed by atoms with E-state index < -0.39 is 5.60 Å². The zero-order chi connectivity index (χ0) is 13.7. The highest BCUT2D eigenvalue weighted by Gasteiger charge is 2.35. The molecule has 3 nitrogen and oxygen atoms in total. The first kappa shape index (κ1) is 13.6. The predicted octanol–water partition coefficient (Wildman–Crippen LogP) is 2.71. The summed E-state index contributed by atoms with van der Waals surface area (Å²) < 4.78 is 5.14. The molecule has 2 rings (SSSR count). The fraction of sp³-hybridized carbons (Fsp3) is 0.312. The van der Waals surface area contributed by atoms with E-state index in [2.05, 4.69) is 0 Å². The molecule has 0 saturated carbocycles. The average Bonchev–Trinajstić information content (AvgIpc) is 2.43. The molecule has 1 aromatic rings. The van der Waals surface area contributed by atoms with E-state index in [0.717, 1.165) is 5.56 Å². The summed E-state index contributed by atoms with van der Waals surface area (Å²) in [6.07, 6.45) is 6.49. The predicted molar refractivity (Wildman–Crippen MR) is 74.4 cm³/mol. The van der Waals surface area contributed by atoms with Gasteiger partial charge in [-0.25, -0.2) is 0 Å². The van der Waals surface area contributed by atoms with Crippen LogP contribution in [0.2, 0.25) is 0 Å². The topological polar surface area (TPSA) is 46.5 Å². The largest absolute Gasteiger partial charge is 0.498 e. The number of hydrogen-bond donors (Lipinski definition) is 1. The average molecular weight is 258 g/mol. The van der Waals surface area contributed by atoms with Gasteiger partial charge in [-0.2, -0.15) is 0 Å². The molecule has 1 aliphatic carbocycles. The van der Waals surface area contributed by atoms with Crippen LogP contribution in [0.3, 0.4) is 0 Å². The number of carbonyl (C=O) groups excluding carboxylic acids is 1. The Morgan fingerprint density at radius 2 is 2.11 bits per heavy atom. The summed E-state index contributed by atoms with van der Waals surface area (Å²) in [5.41, 5.74) is 0.0226. The summed E-state index contributed by atoms with van der Waals surface area (Å²) in [5, 5.41) is 10.5. The molecule has 0 aliphatic heterocycles. The number of allylic oxidation sites excluding steroid dienone is 1. The third-order valence-electron chi connectivity index (χ3n) is 3.32. The molecule has 0 unspecified atom stereocenters. The van der Waals surface area contributed by atoms with Crippen LogP contribution in [0.5, 0.6) is 0 Å². The fourth-order valence-electron chi connectivity index (χ4n) is 2.21. The second-order valence-electron chi connectivity index (χ2n) is 4.73. The molecule has 1 aromatic carbocycles. The van der Waals surface area contributed by atoms with Gasteiger partial charge in [-0.05, 0) is 12.0 Å². The van der Waals surface area contributed by atoms with Crippen molar-refractivity contribution in [2.45, 2.75) is 24.9 Å². The first-order chi connectivity index (χ1) is 9.14. The number of carbonyl (C=O) groups is 1. The third kappa shape index (κ3) is 3.32. The summed E-state index contributed by atoms with van der Waals surface area (Å²) in [4.78, 5) is 11.3. The van der Waals surface area contributed by atoms with Crippen molar-refractivity contribution in [3.05, 3.63) is 53.8 Å². The van der Waals surface area contributed by atoms with Gasteiger partial charge in [0.2, 0.25) is 0 Å². The monoisotopic (exact) mass is 258 g/mol. The van der Waals surface area contributed by atoms with Crippen molar-refractivity contribution in [1.29, 1.82) is 0 Å². The molecule has 0 heterocycles. The fourth-order valence-corrected chi connectivity index (χ4v) is 2.21. The van der Waals surface area contributed by atoms with Gasteiger partial charge in [0.05, 0.1) is 7.11 Å². The van der Waals surface area contributed by atoms with Crippen LogP contribution in [0, 0.1) is 0 Å². The summed E-state index contributed by atoms with van der Waals surface area (Å²) in [5.74, 6) is 0.370. The molecule has 3 heteroatoms. The van der Waals surface area contributed by atoms with Crippen LogP contribution in [0.15, 0.2) is 48.2 Å². The quantitative estimate of drug-likeness (QED) is 0.903. The molecule has 0 amide bonds. The van der Waals surface area contributed by atoms with Crippen molar-refractivity contribution >= 4 is 11.9 Å². The van der Waals surface area contributed by atoms with Gasteiger partial charge in [0, 0.05) is 18.9 Å². The van der Waals surface area contributed by atoms with Crippen LogP contribution in [-0.4, -0.2) is 23.6 Å². The zero-order valence-electron chi connectivity index (χ0n) is 11.0. The molecule has 0 bridgehead atoms. The lowest BCUT2D eigenvalue weighted by atomic mass is 9.85. The van der Waals surface area contributed by atoms with E-state index in [1.165, 1.54) is 13.2 Å². The molecule has 0 saturated heterocycles. The van der Waals surface area contributed by atoms with E-state index in [1.807, 2.05) is 42.5 Å². The Bertz CT molecular complexity index is 502. The lowest BCUT2D eigenvalue weighted by molar-refractivity contribution is -0.117. The molecule has 0 radical (unpaired) electrons. The molecule has 1 atom stereocenters. The van der Waals surface area contributed by atoms with Crippen molar-refractivity contribution in [3.63, 3.8) is 0 Å². The summed E-state index contributed by atoms with van der Waals surface area (Å²) in [6.45, 7) is 0. The van der Waals surface area contributed by atoms with Crippen molar-refractivity contribution in [3.8, 4) is 0 Å². The molecule has 19 heavy (non-hydrogen) atoms. The second kappa shape index (κ2) is 5.85. The van der Waals surface area contributed by atoms with Gasteiger partial charge in [0.25, 0.3) is 0 Å². The highest BCUT2D eigenvalue weighted by molar-refractivity contribution is 5.91. The Hall–Kier alpha value is -1.87. The standard InChI is InChI=1S/C16H18O3/c1-19-15-12-14(17)9-11-16(15,18)10-5-8-13-6-3-2-4-7-13/h2-8,12,18H,9-11H2,1H3/b8-5+/t16-/m1/s1. The number of aliphatic hydroxyl groups is 1. The van der Waals surface area contributed by atoms with Crippen LogP contribution in [-0.2, 0) is 9.53 Å². The summed E-state index contributed by atoms with van der Waals surface area (Å²) in [7, 11) is 1.48. The number of rotatable bonds is 4. The van der Waals surface area contributed by atoms with Gasteiger partial charge in [0.15, 0.2) is 5.78 Å². The SMILES string of the molecule is COC1=CC(=O)CC[C@]1(O)C/C=C/c1ccccc1. The first-order valence-corrected chi connectivity index (χ1v) is 6.37. The number of methoxy groups -OCH3 is 1. The maximum Gasteiger partial charge on any atom is 0.159 e. The maximum atomic E-state index is 11.3. The normalized spacial score (nSPS) is 23.5. The molecule has 0 spiro atoms. The lowest BCUT2D eigenvalue weighted by Gasteiger charge is -2.31. The van der Waals surface area contributed by atoms with Gasteiger partial charge >= 0.3 is 0 Å². The molecule has 0 fully saturated rings. The third-order valence-corrected chi connectivity index (χ3v) is 3.32. The minimum atomic E-state index is -1.06.